The van der Waals surface area contributed by atoms with Crippen molar-refractivity contribution in [1.82, 2.24) is 24.8 Å². The highest BCUT2D eigenvalue weighted by molar-refractivity contribution is 5.79. The monoisotopic (exact) mass is 287 g/mol. The number of aromatic amines is 1. The Hall–Kier alpha value is -2.11. The number of amides is 1. The van der Waals surface area contributed by atoms with Gasteiger partial charge in [-0.3, -0.25) is 4.79 Å². The number of nitrogens with one attached hydrogen (secondary N) is 2. The molecule has 1 unspecified atom stereocenters. The first-order valence-electron chi connectivity index (χ1n) is 7.49. The number of carbonyl (C=O) groups is 1. The molecule has 2 heterocycles. The fourth-order valence-corrected chi connectivity index (χ4v) is 2.95. The van der Waals surface area contributed by atoms with Crippen molar-refractivity contribution in [2.75, 3.05) is 0 Å². The summed E-state index contributed by atoms with van der Waals surface area (Å²) in [5, 5.41) is 3.01. The van der Waals surface area contributed by atoms with E-state index in [9.17, 15) is 4.79 Å². The van der Waals surface area contributed by atoms with Crippen LogP contribution < -0.4 is 5.32 Å². The van der Waals surface area contributed by atoms with E-state index in [0.717, 1.165) is 48.8 Å². The molecule has 3 rings (SSSR count). The van der Waals surface area contributed by atoms with E-state index in [1.165, 1.54) is 0 Å². The van der Waals surface area contributed by atoms with Gasteiger partial charge < -0.3 is 14.9 Å². The largest absolute Gasteiger partial charge is 0.349 e. The van der Waals surface area contributed by atoms with Crippen molar-refractivity contribution in [3.8, 4) is 0 Å². The lowest BCUT2D eigenvalue weighted by Gasteiger charge is -2.20. The van der Waals surface area contributed by atoms with Crippen molar-refractivity contribution >= 4 is 5.91 Å². The van der Waals surface area contributed by atoms with E-state index in [2.05, 4.69) is 27.2 Å². The third-order valence-corrected chi connectivity index (χ3v) is 4.10. The number of nitrogens with zero attached hydrogens (tertiary/aromatic N) is 3. The summed E-state index contributed by atoms with van der Waals surface area (Å²) in [5.41, 5.74) is 2.24. The van der Waals surface area contributed by atoms with Crippen LogP contribution in [0, 0.1) is 12.8 Å². The molecule has 1 aliphatic carbocycles. The molecule has 1 amide bonds. The van der Waals surface area contributed by atoms with E-state index in [-0.39, 0.29) is 11.8 Å². The Labute approximate surface area is 124 Å². The molecule has 2 aromatic heterocycles. The van der Waals surface area contributed by atoms with Gasteiger partial charge in [0.2, 0.25) is 5.91 Å². The highest BCUT2D eigenvalue weighted by Crippen LogP contribution is 2.24. The molecule has 0 aromatic carbocycles. The lowest BCUT2D eigenvalue weighted by molar-refractivity contribution is -0.125. The molecule has 0 fully saturated rings. The Morgan fingerprint density at radius 2 is 2.43 bits per heavy atom. The van der Waals surface area contributed by atoms with Crippen molar-refractivity contribution in [1.29, 1.82) is 0 Å². The molecule has 21 heavy (non-hydrogen) atoms. The molecule has 0 saturated heterocycles. The van der Waals surface area contributed by atoms with Gasteiger partial charge in [0, 0.05) is 37.0 Å². The second-order valence-electron chi connectivity index (χ2n) is 5.53. The van der Waals surface area contributed by atoms with Crippen LogP contribution in [0.3, 0.4) is 0 Å². The average molecular weight is 287 g/mol. The number of fused-ring (bicyclic) bond motifs is 1. The van der Waals surface area contributed by atoms with Gasteiger partial charge in [0.05, 0.1) is 12.2 Å². The maximum atomic E-state index is 12.3. The van der Waals surface area contributed by atoms with Crippen LogP contribution >= 0.6 is 0 Å². The van der Waals surface area contributed by atoms with Gasteiger partial charge in [-0.15, -0.1) is 0 Å². The second kappa shape index (κ2) is 5.71. The summed E-state index contributed by atoms with van der Waals surface area (Å²) in [4.78, 5) is 24.3. The van der Waals surface area contributed by atoms with Gasteiger partial charge in [0.25, 0.3) is 0 Å². The molecule has 1 atom stereocenters. The summed E-state index contributed by atoms with van der Waals surface area (Å²) < 4.78 is 2.04. The predicted octanol–water partition coefficient (Wildman–Crippen LogP) is 1.36. The van der Waals surface area contributed by atoms with Gasteiger partial charge in [0.1, 0.15) is 11.6 Å². The third kappa shape index (κ3) is 2.84. The molecule has 0 radical (unpaired) electrons. The number of aryl methyl sites for hydroxylation is 3. The minimum Gasteiger partial charge on any atom is -0.349 e. The summed E-state index contributed by atoms with van der Waals surface area (Å²) in [5.74, 6) is 1.98. The minimum absolute atomic E-state index is 0.0300. The van der Waals surface area contributed by atoms with Crippen LogP contribution in [0.15, 0.2) is 12.4 Å². The number of hydrogen-bond donors (Lipinski definition) is 2. The number of H-pyrrole nitrogens is 1. The van der Waals surface area contributed by atoms with Crippen molar-refractivity contribution in [2.24, 2.45) is 5.92 Å². The Morgan fingerprint density at radius 3 is 3.24 bits per heavy atom. The van der Waals surface area contributed by atoms with E-state index in [1.807, 2.05) is 17.7 Å². The van der Waals surface area contributed by atoms with Crippen molar-refractivity contribution in [3.63, 3.8) is 0 Å². The van der Waals surface area contributed by atoms with Gasteiger partial charge in [-0.25, -0.2) is 9.97 Å². The van der Waals surface area contributed by atoms with Crippen LogP contribution in [0.5, 0.6) is 0 Å². The molecule has 0 bridgehead atoms. The first-order valence-corrected chi connectivity index (χ1v) is 7.49. The first kappa shape index (κ1) is 13.9. The van der Waals surface area contributed by atoms with Crippen LogP contribution in [0.25, 0.3) is 0 Å². The second-order valence-corrected chi connectivity index (χ2v) is 5.53. The number of carbonyl (C=O) groups excluding carboxylic acids is 1. The number of aromatic nitrogens is 4. The van der Waals surface area contributed by atoms with Crippen LogP contribution in [-0.2, 0) is 30.7 Å². The lowest BCUT2D eigenvalue weighted by atomic mass is 9.89. The molecule has 2 aromatic rings. The predicted molar refractivity (Wildman–Crippen MR) is 78.6 cm³/mol. The first-order chi connectivity index (χ1) is 10.2. The molecule has 0 spiro atoms. The van der Waals surface area contributed by atoms with Gasteiger partial charge in [-0.2, -0.15) is 0 Å². The zero-order chi connectivity index (χ0) is 14.8. The van der Waals surface area contributed by atoms with Gasteiger partial charge in [0.15, 0.2) is 0 Å². The highest BCUT2D eigenvalue weighted by Gasteiger charge is 2.26. The molecule has 1 aliphatic rings. The molecule has 2 N–H and O–H groups in total. The molecule has 112 valence electrons. The molecular formula is C15H21N5O. The molecular weight excluding hydrogens is 266 g/mol. The van der Waals surface area contributed by atoms with Crippen molar-refractivity contribution < 1.29 is 4.79 Å². The number of rotatable bonds is 4. The summed E-state index contributed by atoms with van der Waals surface area (Å²) in [6, 6.07) is 0. The summed E-state index contributed by atoms with van der Waals surface area (Å²) in [6.45, 7) is 5.38. The number of imidazole rings is 2. The zero-order valence-corrected chi connectivity index (χ0v) is 12.5. The van der Waals surface area contributed by atoms with E-state index in [4.69, 9.17) is 0 Å². The van der Waals surface area contributed by atoms with E-state index >= 15 is 0 Å². The third-order valence-electron chi connectivity index (χ3n) is 4.10. The van der Waals surface area contributed by atoms with Crippen LogP contribution in [-0.4, -0.2) is 25.4 Å². The van der Waals surface area contributed by atoms with Crippen LogP contribution in [0.1, 0.15) is 36.4 Å². The van der Waals surface area contributed by atoms with Gasteiger partial charge in [-0.1, -0.05) is 0 Å². The summed E-state index contributed by atoms with van der Waals surface area (Å²) in [7, 11) is 0. The maximum absolute atomic E-state index is 12.3. The molecule has 6 nitrogen and oxygen atoms in total. The SMILES string of the molecule is CCn1ccnc1CNC(=O)C1CCc2nc(C)[nH]c2C1. The standard InChI is InChI=1S/C15H21N5O/c1-3-20-7-6-16-14(20)9-17-15(21)11-4-5-12-13(8-11)19-10(2)18-12/h6-7,11H,3-5,8-9H2,1-2H3,(H,17,21)(H,18,19). The molecule has 0 saturated carbocycles. The Morgan fingerprint density at radius 1 is 1.57 bits per heavy atom. The van der Waals surface area contributed by atoms with Gasteiger partial charge >= 0.3 is 0 Å². The normalized spacial score (nSPS) is 17.5. The van der Waals surface area contributed by atoms with E-state index < -0.39 is 0 Å². The van der Waals surface area contributed by atoms with E-state index in [0.29, 0.717) is 6.54 Å². The van der Waals surface area contributed by atoms with Crippen LogP contribution in [0.2, 0.25) is 0 Å². The van der Waals surface area contributed by atoms with Crippen LogP contribution in [0.4, 0.5) is 0 Å². The van der Waals surface area contributed by atoms with Crippen molar-refractivity contribution in [3.05, 3.63) is 35.4 Å². The Bertz CT molecular complexity index is 642. The Kier molecular flexibility index (Phi) is 3.77. The quantitative estimate of drug-likeness (QED) is 0.891. The van der Waals surface area contributed by atoms with E-state index in [1.54, 1.807) is 6.20 Å². The summed E-state index contributed by atoms with van der Waals surface area (Å²) in [6.07, 6.45) is 6.20. The average Bonchev–Trinajstić information content (AvgIpc) is 3.08. The van der Waals surface area contributed by atoms with Gasteiger partial charge in [-0.05, 0) is 26.7 Å². The highest BCUT2D eigenvalue weighted by atomic mass is 16.1. The smallest absolute Gasteiger partial charge is 0.223 e. The molecule has 0 aliphatic heterocycles. The summed E-state index contributed by atoms with van der Waals surface area (Å²) >= 11 is 0. The van der Waals surface area contributed by atoms with Crippen molar-refractivity contribution in [2.45, 2.75) is 46.2 Å². The fraction of sp³-hybridized carbons (Fsp3) is 0.533. The number of hydrogen-bond acceptors (Lipinski definition) is 3. The molecule has 6 heteroatoms. The fourth-order valence-electron chi connectivity index (χ4n) is 2.95. The minimum atomic E-state index is 0.0300. The Balaban J connectivity index is 1.59. The maximum Gasteiger partial charge on any atom is 0.223 e. The topological polar surface area (TPSA) is 75.6 Å². The zero-order valence-electron chi connectivity index (χ0n) is 12.5. The lowest BCUT2D eigenvalue weighted by Crippen LogP contribution is -2.34.